The number of nitrogens with zero attached hydrogens (tertiary/aromatic N) is 1. The van der Waals surface area contributed by atoms with Crippen molar-refractivity contribution in [2.75, 3.05) is 32.0 Å². The van der Waals surface area contributed by atoms with E-state index in [1.807, 2.05) is 0 Å². The molecular weight excluding hydrogens is 296 g/mol. The van der Waals surface area contributed by atoms with Gasteiger partial charge in [0.1, 0.15) is 5.69 Å². The zero-order valence-electron chi connectivity index (χ0n) is 13.7. The summed E-state index contributed by atoms with van der Waals surface area (Å²) in [5.41, 5.74) is 0.657. The number of likely N-dealkylation sites (tertiary alicyclic amines) is 1. The fraction of sp³-hybridized carbons (Fsp3) is 0.562. The lowest BCUT2D eigenvalue weighted by molar-refractivity contribution is -0.905. The number of piperidine rings is 1. The summed E-state index contributed by atoms with van der Waals surface area (Å²) >= 11 is 0. The Hall–Kier alpha value is -2.15. The number of benzene rings is 1. The molecule has 1 heterocycles. The van der Waals surface area contributed by atoms with E-state index >= 15 is 0 Å². The fourth-order valence-electron chi connectivity index (χ4n) is 3.08. The highest BCUT2D eigenvalue weighted by atomic mass is 16.6. The predicted octanol–water partition coefficient (Wildman–Crippen LogP) is 0.824. The van der Waals surface area contributed by atoms with Crippen molar-refractivity contribution in [2.24, 2.45) is 0 Å². The SMILES string of the molecule is CCC[NH+]1CCC(NC(=O)c2ccc(NC)c([N+](=O)[O-])c2)CC1. The first kappa shape index (κ1) is 17.2. The Morgan fingerprint density at radius 1 is 1.39 bits per heavy atom. The van der Waals surface area contributed by atoms with Crippen LogP contribution in [0.3, 0.4) is 0 Å². The molecule has 3 N–H and O–H groups in total. The van der Waals surface area contributed by atoms with Crippen molar-refractivity contribution in [2.45, 2.75) is 32.2 Å². The Balaban J connectivity index is 1.99. The highest BCUT2D eigenvalue weighted by Gasteiger charge is 2.24. The highest BCUT2D eigenvalue weighted by Crippen LogP contribution is 2.25. The van der Waals surface area contributed by atoms with E-state index in [2.05, 4.69) is 17.6 Å². The number of rotatable bonds is 6. The van der Waals surface area contributed by atoms with Gasteiger partial charge in [-0.25, -0.2) is 0 Å². The Morgan fingerprint density at radius 3 is 2.65 bits per heavy atom. The van der Waals surface area contributed by atoms with Crippen LogP contribution in [0.4, 0.5) is 11.4 Å². The molecule has 1 amide bonds. The van der Waals surface area contributed by atoms with E-state index in [1.165, 1.54) is 19.0 Å². The van der Waals surface area contributed by atoms with Gasteiger partial charge in [0, 0.05) is 37.6 Å². The number of hydrogen-bond acceptors (Lipinski definition) is 4. The van der Waals surface area contributed by atoms with Gasteiger partial charge in [-0.15, -0.1) is 0 Å². The van der Waals surface area contributed by atoms with Gasteiger partial charge in [-0.1, -0.05) is 6.92 Å². The quantitative estimate of drug-likeness (QED) is 0.535. The molecule has 0 aliphatic carbocycles. The van der Waals surface area contributed by atoms with Crippen LogP contribution in [-0.2, 0) is 0 Å². The molecule has 1 aliphatic heterocycles. The van der Waals surface area contributed by atoms with Crippen LogP contribution in [0.2, 0.25) is 0 Å². The van der Waals surface area contributed by atoms with Gasteiger partial charge in [0.05, 0.1) is 24.6 Å². The number of hydrogen-bond donors (Lipinski definition) is 3. The topological polar surface area (TPSA) is 88.7 Å². The normalized spacial score (nSPS) is 20.8. The first-order chi connectivity index (χ1) is 11.0. The molecule has 0 aromatic heterocycles. The van der Waals surface area contributed by atoms with E-state index in [0.29, 0.717) is 11.3 Å². The summed E-state index contributed by atoms with van der Waals surface area (Å²) in [6.07, 6.45) is 3.09. The number of anilines is 1. The number of amides is 1. The Morgan fingerprint density at radius 2 is 2.09 bits per heavy atom. The average Bonchev–Trinajstić information content (AvgIpc) is 2.56. The summed E-state index contributed by atoms with van der Waals surface area (Å²) in [4.78, 5) is 24.5. The minimum atomic E-state index is -0.477. The van der Waals surface area contributed by atoms with Crippen molar-refractivity contribution in [3.05, 3.63) is 33.9 Å². The zero-order chi connectivity index (χ0) is 16.8. The molecule has 0 atom stereocenters. The second-order valence-corrected chi connectivity index (χ2v) is 5.99. The third-order valence-electron chi connectivity index (χ3n) is 4.36. The molecule has 0 unspecified atom stereocenters. The lowest BCUT2D eigenvalue weighted by Gasteiger charge is -2.29. The van der Waals surface area contributed by atoms with E-state index in [-0.39, 0.29) is 17.6 Å². The summed E-state index contributed by atoms with van der Waals surface area (Å²) in [5.74, 6) is -0.236. The highest BCUT2D eigenvalue weighted by molar-refractivity contribution is 5.95. The number of carbonyl (C=O) groups is 1. The summed E-state index contributed by atoms with van der Waals surface area (Å²) in [6.45, 7) is 5.50. The van der Waals surface area contributed by atoms with Crippen LogP contribution in [0, 0.1) is 10.1 Å². The minimum absolute atomic E-state index is 0.0811. The smallest absolute Gasteiger partial charge is 0.293 e. The number of nitrogens with one attached hydrogen (secondary N) is 3. The molecule has 0 bridgehead atoms. The molecule has 23 heavy (non-hydrogen) atoms. The number of nitro groups is 1. The van der Waals surface area contributed by atoms with Crippen LogP contribution >= 0.6 is 0 Å². The Kier molecular flexibility index (Phi) is 5.92. The molecule has 0 radical (unpaired) electrons. The van der Waals surface area contributed by atoms with E-state index < -0.39 is 4.92 Å². The van der Waals surface area contributed by atoms with Crippen molar-refractivity contribution >= 4 is 17.3 Å². The molecule has 7 heteroatoms. The molecule has 7 nitrogen and oxygen atoms in total. The minimum Gasteiger partial charge on any atom is -0.383 e. The van der Waals surface area contributed by atoms with E-state index in [0.717, 1.165) is 25.9 Å². The van der Waals surface area contributed by atoms with Gasteiger partial charge in [-0.3, -0.25) is 14.9 Å². The van der Waals surface area contributed by atoms with Crippen LogP contribution in [0.1, 0.15) is 36.5 Å². The molecule has 1 saturated heterocycles. The molecule has 1 fully saturated rings. The van der Waals surface area contributed by atoms with Crippen molar-refractivity contribution in [1.29, 1.82) is 0 Å². The standard InChI is InChI=1S/C16H24N4O3/c1-3-8-19-9-6-13(7-10-19)18-16(21)12-4-5-14(17-2)15(11-12)20(22)23/h4-5,11,13,17H,3,6-10H2,1-2H3,(H,18,21)/p+1. The van der Waals surface area contributed by atoms with Crippen LogP contribution < -0.4 is 15.5 Å². The molecule has 2 rings (SSSR count). The van der Waals surface area contributed by atoms with Crippen LogP contribution in [0.25, 0.3) is 0 Å². The second-order valence-electron chi connectivity index (χ2n) is 5.99. The lowest BCUT2D eigenvalue weighted by Crippen LogP contribution is -3.13. The third-order valence-corrected chi connectivity index (χ3v) is 4.36. The van der Waals surface area contributed by atoms with E-state index in [1.54, 1.807) is 24.1 Å². The first-order valence-corrected chi connectivity index (χ1v) is 8.15. The van der Waals surface area contributed by atoms with Crippen molar-refractivity contribution in [1.82, 2.24) is 5.32 Å². The van der Waals surface area contributed by atoms with E-state index in [4.69, 9.17) is 0 Å². The maximum Gasteiger partial charge on any atom is 0.293 e. The lowest BCUT2D eigenvalue weighted by atomic mass is 10.0. The summed E-state index contributed by atoms with van der Waals surface area (Å²) in [6, 6.07) is 4.68. The molecular formula is C16H25N4O3+. The summed E-state index contributed by atoms with van der Waals surface area (Å²) in [7, 11) is 1.62. The number of nitro benzene ring substituents is 1. The predicted molar refractivity (Wildman–Crippen MR) is 89.0 cm³/mol. The maximum atomic E-state index is 12.3. The van der Waals surface area contributed by atoms with Crippen molar-refractivity contribution < 1.29 is 14.6 Å². The van der Waals surface area contributed by atoms with Gasteiger partial charge in [0.15, 0.2) is 0 Å². The van der Waals surface area contributed by atoms with Gasteiger partial charge in [-0.05, 0) is 18.6 Å². The summed E-state index contributed by atoms with van der Waals surface area (Å²) < 4.78 is 0. The molecule has 0 saturated carbocycles. The van der Waals surface area contributed by atoms with Crippen LogP contribution in [0.15, 0.2) is 18.2 Å². The van der Waals surface area contributed by atoms with Crippen molar-refractivity contribution in [3.63, 3.8) is 0 Å². The number of carbonyl (C=O) groups excluding carboxylic acids is 1. The van der Waals surface area contributed by atoms with Gasteiger partial charge in [0.2, 0.25) is 0 Å². The van der Waals surface area contributed by atoms with E-state index in [9.17, 15) is 14.9 Å². The average molecular weight is 321 g/mol. The molecule has 1 aromatic carbocycles. The van der Waals surface area contributed by atoms with Gasteiger partial charge >= 0.3 is 0 Å². The largest absolute Gasteiger partial charge is 0.383 e. The third kappa shape index (κ3) is 4.41. The molecule has 1 aliphatic rings. The zero-order valence-corrected chi connectivity index (χ0v) is 13.7. The molecule has 126 valence electrons. The van der Waals surface area contributed by atoms with Gasteiger partial charge < -0.3 is 15.5 Å². The summed E-state index contributed by atoms with van der Waals surface area (Å²) in [5, 5.41) is 16.8. The van der Waals surface area contributed by atoms with Crippen LogP contribution in [-0.4, -0.2) is 43.6 Å². The number of quaternary nitrogens is 1. The van der Waals surface area contributed by atoms with Gasteiger partial charge in [-0.2, -0.15) is 0 Å². The second kappa shape index (κ2) is 7.92. The molecule has 0 spiro atoms. The van der Waals surface area contributed by atoms with Crippen LogP contribution in [0.5, 0.6) is 0 Å². The van der Waals surface area contributed by atoms with Crippen molar-refractivity contribution in [3.8, 4) is 0 Å². The fourth-order valence-corrected chi connectivity index (χ4v) is 3.08. The Bertz CT molecular complexity index is 568. The first-order valence-electron chi connectivity index (χ1n) is 8.15. The Labute approximate surface area is 136 Å². The molecule has 1 aromatic rings. The maximum absolute atomic E-state index is 12.3. The van der Waals surface area contributed by atoms with Gasteiger partial charge in [0.25, 0.3) is 11.6 Å². The monoisotopic (exact) mass is 321 g/mol.